The monoisotopic (exact) mass is 260 g/mol. The van der Waals surface area contributed by atoms with Crippen molar-refractivity contribution >= 4 is 11.5 Å². The molecule has 0 aromatic heterocycles. The summed E-state index contributed by atoms with van der Waals surface area (Å²) in [6.07, 6.45) is 5.60. The Morgan fingerprint density at radius 1 is 1.37 bits per heavy atom. The molecule has 3 heteroatoms. The second kappa shape index (κ2) is 6.02. The topological polar surface area (TPSA) is 46.5 Å². The lowest BCUT2D eigenvalue weighted by molar-refractivity contribution is -0.138. The molecule has 1 aromatic rings. The average molecular weight is 260 g/mol. The molecule has 2 atom stereocenters. The van der Waals surface area contributed by atoms with Crippen LogP contribution in [0, 0.1) is 0 Å². The summed E-state index contributed by atoms with van der Waals surface area (Å²) in [5.41, 5.74) is 3.38. The average Bonchev–Trinajstić information content (AvgIpc) is 2.46. The van der Waals surface area contributed by atoms with Gasteiger partial charge in [0.2, 0.25) is 0 Å². The maximum absolute atomic E-state index is 10.9. The van der Waals surface area contributed by atoms with E-state index >= 15 is 0 Å². The van der Waals surface area contributed by atoms with Gasteiger partial charge in [-0.05, 0) is 42.9 Å². The van der Waals surface area contributed by atoms with Crippen molar-refractivity contribution in [3.05, 3.63) is 41.5 Å². The predicted molar refractivity (Wildman–Crippen MR) is 75.1 cm³/mol. The first kappa shape index (κ1) is 13.8. The second-order valence-electron chi connectivity index (χ2n) is 5.04. The fourth-order valence-corrected chi connectivity index (χ4v) is 2.41. The predicted octanol–water partition coefficient (Wildman–Crippen LogP) is 3.46. The molecule has 0 fully saturated rings. The van der Waals surface area contributed by atoms with E-state index in [4.69, 9.17) is 9.84 Å². The van der Waals surface area contributed by atoms with E-state index in [2.05, 4.69) is 6.08 Å². The van der Waals surface area contributed by atoms with Crippen LogP contribution in [0.25, 0.3) is 5.57 Å². The molecule has 0 saturated carbocycles. The molecule has 3 nitrogen and oxygen atoms in total. The number of allylic oxidation sites excluding steroid dienone is 1. The minimum Gasteiger partial charge on any atom is -0.481 e. The minimum absolute atomic E-state index is 0.343. The molecule has 2 unspecified atom stereocenters. The lowest BCUT2D eigenvalue weighted by Crippen LogP contribution is -2.13. The van der Waals surface area contributed by atoms with Crippen LogP contribution in [0.5, 0.6) is 0 Å². The highest BCUT2D eigenvalue weighted by Gasteiger charge is 2.16. The number of carboxylic acids is 1. The Morgan fingerprint density at radius 2 is 2.05 bits per heavy atom. The van der Waals surface area contributed by atoms with Gasteiger partial charge >= 0.3 is 5.97 Å². The SMILES string of the molecule is COC1CC=C(c2ccc(C(C)C(=O)O)cc2)CC1. The van der Waals surface area contributed by atoms with Crippen LogP contribution in [0.15, 0.2) is 30.3 Å². The molecule has 0 spiro atoms. The van der Waals surface area contributed by atoms with Gasteiger partial charge in [-0.15, -0.1) is 0 Å². The number of hydrogen-bond donors (Lipinski definition) is 1. The zero-order valence-corrected chi connectivity index (χ0v) is 11.4. The molecule has 0 amide bonds. The van der Waals surface area contributed by atoms with Crippen molar-refractivity contribution in [1.29, 1.82) is 0 Å². The molecule has 1 aromatic carbocycles. The van der Waals surface area contributed by atoms with E-state index in [0.29, 0.717) is 6.10 Å². The fourth-order valence-electron chi connectivity index (χ4n) is 2.41. The summed E-state index contributed by atoms with van der Waals surface area (Å²) < 4.78 is 5.34. The van der Waals surface area contributed by atoms with Gasteiger partial charge in [0.05, 0.1) is 12.0 Å². The Kier molecular flexibility index (Phi) is 4.38. The first-order chi connectivity index (χ1) is 9.11. The van der Waals surface area contributed by atoms with Crippen molar-refractivity contribution in [3.8, 4) is 0 Å². The molecule has 1 N–H and O–H groups in total. The van der Waals surface area contributed by atoms with Crippen LogP contribution in [-0.4, -0.2) is 24.3 Å². The Hall–Kier alpha value is -1.61. The normalized spacial score (nSPS) is 20.7. The number of ether oxygens (including phenoxy) is 1. The van der Waals surface area contributed by atoms with Crippen LogP contribution in [0.4, 0.5) is 0 Å². The lowest BCUT2D eigenvalue weighted by Gasteiger charge is -2.21. The third kappa shape index (κ3) is 3.24. The van der Waals surface area contributed by atoms with Crippen LogP contribution < -0.4 is 0 Å². The molecule has 0 radical (unpaired) electrons. The van der Waals surface area contributed by atoms with Crippen molar-refractivity contribution in [3.63, 3.8) is 0 Å². The highest BCUT2D eigenvalue weighted by atomic mass is 16.5. The largest absolute Gasteiger partial charge is 0.481 e. The Morgan fingerprint density at radius 3 is 2.53 bits per heavy atom. The summed E-state index contributed by atoms with van der Waals surface area (Å²) in [5.74, 6) is -1.24. The molecule has 0 bridgehead atoms. The number of carboxylic acid groups (broad SMARTS) is 1. The molecule has 19 heavy (non-hydrogen) atoms. The number of benzene rings is 1. The molecule has 1 aliphatic carbocycles. The van der Waals surface area contributed by atoms with Gasteiger partial charge < -0.3 is 9.84 Å². The maximum Gasteiger partial charge on any atom is 0.310 e. The molecular formula is C16H20O3. The quantitative estimate of drug-likeness (QED) is 0.901. The van der Waals surface area contributed by atoms with Crippen molar-refractivity contribution in [2.45, 2.75) is 38.2 Å². The maximum atomic E-state index is 10.9. The van der Waals surface area contributed by atoms with Crippen molar-refractivity contribution in [2.75, 3.05) is 7.11 Å². The smallest absolute Gasteiger partial charge is 0.310 e. The van der Waals surface area contributed by atoms with Crippen molar-refractivity contribution < 1.29 is 14.6 Å². The van der Waals surface area contributed by atoms with Crippen LogP contribution in [0.3, 0.4) is 0 Å². The zero-order chi connectivity index (χ0) is 13.8. The van der Waals surface area contributed by atoms with Crippen LogP contribution in [-0.2, 0) is 9.53 Å². The van der Waals surface area contributed by atoms with Crippen molar-refractivity contribution in [2.24, 2.45) is 0 Å². The molecule has 0 aliphatic heterocycles. The summed E-state index contributed by atoms with van der Waals surface area (Å²) in [4.78, 5) is 10.9. The first-order valence-electron chi connectivity index (χ1n) is 6.66. The van der Waals surface area contributed by atoms with E-state index in [-0.39, 0.29) is 0 Å². The summed E-state index contributed by atoms with van der Waals surface area (Å²) in [7, 11) is 1.76. The first-order valence-corrected chi connectivity index (χ1v) is 6.66. The van der Waals surface area contributed by atoms with E-state index in [1.807, 2.05) is 24.3 Å². The second-order valence-corrected chi connectivity index (χ2v) is 5.04. The number of rotatable bonds is 4. The van der Waals surface area contributed by atoms with Gasteiger partial charge in [0.1, 0.15) is 0 Å². The van der Waals surface area contributed by atoms with Crippen LogP contribution in [0.2, 0.25) is 0 Å². The van der Waals surface area contributed by atoms with E-state index in [1.54, 1.807) is 14.0 Å². The molecule has 0 heterocycles. The minimum atomic E-state index is -0.785. The van der Waals surface area contributed by atoms with Gasteiger partial charge in [-0.2, -0.15) is 0 Å². The third-order valence-electron chi connectivity index (χ3n) is 3.85. The van der Waals surface area contributed by atoms with Gasteiger partial charge in [-0.25, -0.2) is 0 Å². The lowest BCUT2D eigenvalue weighted by atomic mass is 9.90. The molecule has 1 aliphatic rings. The highest BCUT2D eigenvalue weighted by molar-refractivity contribution is 5.76. The number of hydrogen-bond acceptors (Lipinski definition) is 2. The van der Waals surface area contributed by atoms with E-state index in [1.165, 1.54) is 11.1 Å². The van der Waals surface area contributed by atoms with Gasteiger partial charge in [-0.1, -0.05) is 30.3 Å². The summed E-state index contributed by atoms with van der Waals surface area (Å²) in [5, 5.41) is 8.98. The number of aliphatic carboxylic acids is 1. The van der Waals surface area contributed by atoms with Crippen LogP contribution >= 0.6 is 0 Å². The van der Waals surface area contributed by atoms with E-state index in [9.17, 15) is 4.79 Å². The molecule has 2 rings (SSSR count). The Balaban J connectivity index is 2.11. The molecule has 0 saturated heterocycles. The van der Waals surface area contributed by atoms with Crippen LogP contribution in [0.1, 0.15) is 43.2 Å². The Labute approximate surface area is 113 Å². The Bertz CT molecular complexity index is 473. The third-order valence-corrected chi connectivity index (χ3v) is 3.85. The number of methoxy groups -OCH3 is 1. The van der Waals surface area contributed by atoms with E-state index < -0.39 is 11.9 Å². The molecule has 102 valence electrons. The van der Waals surface area contributed by atoms with Gasteiger partial charge in [0, 0.05) is 7.11 Å². The van der Waals surface area contributed by atoms with Gasteiger partial charge in [-0.3, -0.25) is 4.79 Å². The zero-order valence-electron chi connectivity index (χ0n) is 11.4. The van der Waals surface area contributed by atoms with Crippen molar-refractivity contribution in [1.82, 2.24) is 0 Å². The summed E-state index contributed by atoms with van der Waals surface area (Å²) in [6.45, 7) is 1.71. The molecular weight excluding hydrogens is 240 g/mol. The van der Waals surface area contributed by atoms with Gasteiger partial charge in [0.25, 0.3) is 0 Å². The fraction of sp³-hybridized carbons (Fsp3) is 0.438. The van der Waals surface area contributed by atoms with E-state index in [0.717, 1.165) is 24.8 Å². The van der Waals surface area contributed by atoms with Gasteiger partial charge in [0.15, 0.2) is 0 Å². The summed E-state index contributed by atoms with van der Waals surface area (Å²) >= 11 is 0. The highest BCUT2D eigenvalue weighted by Crippen LogP contribution is 2.29. The number of carbonyl (C=O) groups is 1. The summed E-state index contributed by atoms with van der Waals surface area (Å²) in [6, 6.07) is 7.87. The standard InChI is InChI=1S/C16H20O3/c1-11(16(17)18)12-3-5-13(6-4-12)14-7-9-15(19-2)10-8-14/h3-7,11,15H,8-10H2,1-2H3,(H,17,18).